The lowest BCUT2D eigenvalue weighted by Crippen LogP contribution is -2.53. The van der Waals surface area contributed by atoms with Crippen molar-refractivity contribution in [2.45, 2.75) is 12.5 Å². The molecule has 0 aliphatic heterocycles. The van der Waals surface area contributed by atoms with Gasteiger partial charge in [-0.15, -0.1) is 0 Å². The molecule has 36 heavy (non-hydrogen) atoms. The molecular weight excluding hydrogens is 482 g/mol. The minimum absolute atomic E-state index is 0.138. The van der Waals surface area contributed by atoms with E-state index in [0.717, 1.165) is 5.56 Å². The largest absolute Gasteiger partial charge is 0.497 e. The number of ether oxygens (including phenoxy) is 1. The minimum atomic E-state index is -4.31. The van der Waals surface area contributed by atoms with E-state index in [2.05, 4.69) is 14.9 Å². The second kappa shape index (κ2) is 11.7. The predicted molar refractivity (Wildman–Crippen MR) is 137 cm³/mol. The van der Waals surface area contributed by atoms with Crippen LogP contribution in [-0.2, 0) is 21.4 Å². The molecular formula is C25H25N5O5S. The molecule has 0 aliphatic carbocycles. The summed E-state index contributed by atoms with van der Waals surface area (Å²) < 4.78 is 34.1. The Hall–Kier alpha value is -4.56. The maximum Gasteiger partial charge on any atom is 0.330 e. The highest BCUT2D eigenvalue weighted by Gasteiger charge is 2.27. The van der Waals surface area contributed by atoms with E-state index < -0.39 is 28.2 Å². The third kappa shape index (κ3) is 7.22. The van der Waals surface area contributed by atoms with Crippen molar-refractivity contribution < 1.29 is 22.7 Å². The number of hydrogen-bond acceptors (Lipinski definition) is 5. The van der Waals surface area contributed by atoms with E-state index in [0.29, 0.717) is 17.1 Å². The van der Waals surface area contributed by atoms with E-state index in [1.54, 1.807) is 55.6 Å². The van der Waals surface area contributed by atoms with Crippen molar-refractivity contribution in [3.05, 3.63) is 95.8 Å². The van der Waals surface area contributed by atoms with Gasteiger partial charge in [0.25, 0.3) is 0 Å². The third-order valence-electron chi connectivity index (χ3n) is 5.15. The summed E-state index contributed by atoms with van der Waals surface area (Å²) >= 11 is 0. The Kier molecular flexibility index (Phi) is 8.48. The van der Waals surface area contributed by atoms with Crippen LogP contribution in [0.3, 0.4) is 0 Å². The normalized spacial score (nSPS) is 11.5. The standard InChI is InChI=1S/C25H25N5O5S/c1-26-19-9-11-20(12-10-19)28-36(33,34)29-25(32)27-23(17-18-7-5-4-6-8-18)24(31)30(2)21-13-15-22(35-3)16-14-21/h4-16,23,28H,17H2,2-3H3,(H2,27,29,32)/t23-/m0/s1. The van der Waals surface area contributed by atoms with E-state index in [1.807, 2.05) is 10.8 Å². The number of urea groups is 1. The SMILES string of the molecule is [C-]#[N+]c1ccc(NS(=O)(=O)NC(=O)N[C@@H](Cc2ccccc2)C(=O)N(C)c2ccc(OC)cc2)cc1. The lowest BCUT2D eigenvalue weighted by molar-refractivity contribution is -0.120. The fourth-order valence-corrected chi connectivity index (χ4v) is 4.11. The van der Waals surface area contributed by atoms with Gasteiger partial charge in [-0.1, -0.05) is 42.5 Å². The highest BCUT2D eigenvalue weighted by molar-refractivity contribution is 7.91. The molecule has 0 aromatic heterocycles. The van der Waals surface area contributed by atoms with E-state index in [4.69, 9.17) is 11.3 Å². The van der Waals surface area contributed by atoms with Crippen LogP contribution in [0.1, 0.15) is 5.56 Å². The van der Waals surface area contributed by atoms with Crippen LogP contribution in [0.5, 0.6) is 5.75 Å². The first-order valence-corrected chi connectivity index (χ1v) is 12.2. The van der Waals surface area contributed by atoms with Gasteiger partial charge in [0.15, 0.2) is 5.69 Å². The number of hydrogen-bond donors (Lipinski definition) is 3. The number of amides is 3. The number of carbonyl (C=O) groups is 2. The van der Waals surface area contributed by atoms with Crippen LogP contribution < -0.4 is 24.4 Å². The van der Waals surface area contributed by atoms with Crippen molar-refractivity contribution in [2.75, 3.05) is 23.8 Å². The highest BCUT2D eigenvalue weighted by Crippen LogP contribution is 2.20. The summed E-state index contributed by atoms with van der Waals surface area (Å²) in [4.78, 5) is 30.6. The molecule has 1 atom stereocenters. The predicted octanol–water partition coefficient (Wildman–Crippen LogP) is 3.48. The molecule has 0 aliphatic rings. The van der Waals surface area contributed by atoms with Crippen molar-refractivity contribution >= 4 is 39.2 Å². The molecule has 0 bridgehead atoms. The molecule has 11 heteroatoms. The molecule has 0 spiro atoms. The van der Waals surface area contributed by atoms with Crippen LogP contribution in [0.15, 0.2) is 78.9 Å². The van der Waals surface area contributed by atoms with E-state index in [1.165, 1.54) is 36.3 Å². The Balaban J connectivity index is 1.74. The van der Waals surface area contributed by atoms with Crippen LogP contribution >= 0.6 is 0 Å². The van der Waals surface area contributed by atoms with Crippen molar-refractivity contribution in [2.24, 2.45) is 0 Å². The fraction of sp³-hybridized carbons (Fsp3) is 0.160. The van der Waals surface area contributed by atoms with Gasteiger partial charge in [0, 0.05) is 24.8 Å². The molecule has 3 N–H and O–H groups in total. The van der Waals surface area contributed by atoms with Gasteiger partial charge in [-0.3, -0.25) is 9.52 Å². The maximum absolute atomic E-state index is 13.3. The average molecular weight is 508 g/mol. The summed E-state index contributed by atoms with van der Waals surface area (Å²) in [6.07, 6.45) is 0.138. The van der Waals surface area contributed by atoms with Gasteiger partial charge in [-0.05, 0) is 42.0 Å². The molecule has 0 fully saturated rings. The summed E-state index contributed by atoms with van der Waals surface area (Å²) in [6.45, 7) is 6.95. The number of benzene rings is 3. The Morgan fingerprint density at radius 1 is 1.00 bits per heavy atom. The Bertz CT molecular complexity index is 1340. The van der Waals surface area contributed by atoms with Crippen molar-refractivity contribution in [3.63, 3.8) is 0 Å². The fourth-order valence-electron chi connectivity index (χ4n) is 3.31. The molecule has 0 radical (unpaired) electrons. The molecule has 3 aromatic rings. The van der Waals surface area contributed by atoms with Crippen LogP contribution in [0.2, 0.25) is 0 Å². The number of anilines is 2. The molecule has 0 saturated heterocycles. The monoisotopic (exact) mass is 507 g/mol. The van der Waals surface area contributed by atoms with Crippen LogP contribution in [0.25, 0.3) is 4.85 Å². The van der Waals surface area contributed by atoms with Crippen LogP contribution in [-0.4, -0.2) is 40.6 Å². The van der Waals surface area contributed by atoms with E-state index in [9.17, 15) is 18.0 Å². The molecule has 186 valence electrons. The number of nitrogens with zero attached hydrogens (tertiary/aromatic N) is 2. The van der Waals surface area contributed by atoms with Crippen LogP contribution in [0.4, 0.5) is 21.9 Å². The van der Waals surface area contributed by atoms with Crippen molar-refractivity contribution in [3.8, 4) is 5.75 Å². The van der Waals surface area contributed by atoms with Crippen LogP contribution in [0, 0.1) is 6.57 Å². The second-order valence-electron chi connectivity index (χ2n) is 7.68. The van der Waals surface area contributed by atoms with Crippen molar-refractivity contribution in [1.82, 2.24) is 10.0 Å². The number of carbonyl (C=O) groups excluding carboxylic acids is 2. The minimum Gasteiger partial charge on any atom is -0.497 e. The van der Waals surface area contributed by atoms with Gasteiger partial charge in [-0.25, -0.2) is 14.4 Å². The van der Waals surface area contributed by atoms with E-state index in [-0.39, 0.29) is 12.1 Å². The second-order valence-corrected chi connectivity index (χ2v) is 9.09. The van der Waals surface area contributed by atoms with Gasteiger partial charge in [0.1, 0.15) is 11.8 Å². The zero-order valence-corrected chi connectivity index (χ0v) is 20.5. The van der Waals surface area contributed by atoms with Gasteiger partial charge < -0.3 is 15.0 Å². The molecule has 0 heterocycles. The zero-order valence-electron chi connectivity index (χ0n) is 19.6. The highest BCUT2D eigenvalue weighted by atomic mass is 32.2. The molecule has 0 unspecified atom stereocenters. The maximum atomic E-state index is 13.3. The molecule has 3 aromatic carbocycles. The Labute approximate surface area is 209 Å². The first-order chi connectivity index (χ1) is 17.2. The first kappa shape index (κ1) is 26.1. The van der Waals surface area contributed by atoms with Gasteiger partial charge in [-0.2, -0.15) is 8.42 Å². The van der Waals surface area contributed by atoms with Gasteiger partial charge in [0.05, 0.1) is 13.7 Å². The smallest absolute Gasteiger partial charge is 0.330 e. The zero-order chi connectivity index (χ0) is 26.1. The molecule has 3 rings (SSSR count). The first-order valence-electron chi connectivity index (χ1n) is 10.7. The third-order valence-corrected chi connectivity index (χ3v) is 6.11. The Morgan fingerprint density at radius 2 is 1.64 bits per heavy atom. The summed E-state index contributed by atoms with van der Waals surface area (Å²) in [5.41, 5.74) is 1.85. The Morgan fingerprint density at radius 3 is 2.22 bits per heavy atom. The summed E-state index contributed by atoms with van der Waals surface area (Å²) in [6, 6.07) is 19.4. The average Bonchev–Trinajstić information content (AvgIpc) is 2.88. The number of nitrogens with one attached hydrogen (secondary N) is 3. The molecule has 10 nitrogen and oxygen atoms in total. The van der Waals surface area contributed by atoms with Gasteiger partial charge >= 0.3 is 16.2 Å². The number of likely N-dealkylation sites (N-methyl/N-ethyl adjacent to an activating group) is 1. The summed E-state index contributed by atoms with van der Waals surface area (Å²) in [7, 11) is -1.21. The molecule has 0 saturated carbocycles. The van der Waals surface area contributed by atoms with Crippen molar-refractivity contribution in [1.29, 1.82) is 0 Å². The topological polar surface area (TPSA) is 121 Å². The van der Waals surface area contributed by atoms with Gasteiger partial charge in [0.2, 0.25) is 5.91 Å². The van der Waals surface area contributed by atoms with E-state index >= 15 is 0 Å². The summed E-state index contributed by atoms with van der Waals surface area (Å²) in [5.74, 6) is 0.179. The molecule has 3 amide bonds. The summed E-state index contributed by atoms with van der Waals surface area (Å²) in [5, 5.41) is 2.47. The quantitative estimate of drug-likeness (QED) is 0.383. The lowest BCUT2D eigenvalue weighted by atomic mass is 10.0. The number of rotatable bonds is 9. The number of methoxy groups -OCH3 is 1. The lowest BCUT2D eigenvalue weighted by Gasteiger charge is -2.25.